The van der Waals surface area contributed by atoms with E-state index in [4.69, 9.17) is 0 Å². The van der Waals surface area contributed by atoms with Crippen molar-refractivity contribution in [2.45, 2.75) is 13.3 Å². The van der Waals surface area contributed by atoms with E-state index in [0.29, 0.717) is 6.42 Å². The summed E-state index contributed by atoms with van der Waals surface area (Å²) in [4.78, 5) is 22.7. The maximum Gasteiger partial charge on any atom is 0.306 e. The van der Waals surface area contributed by atoms with Crippen molar-refractivity contribution in [1.29, 1.82) is 0 Å². The molecule has 0 aromatic rings. The van der Waals surface area contributed by atoms with E-state index in [0.717, 1.165) is 0 Å². The van der Waals surface area contributed by atoms with Crippen LogP contribution >= 0.6 is 12.4 Å². The molecule has 0 unspecified atom stereocenters. The average Bonchev–Trinajstić information content (AvgIpc) is 1.99. The Morgan fingerprint density at radius 3 is 2.17 bits per heavy atom. The Kier molecular flexibility index (Phi) is 7.94. The fourth-order valence-corrected chi connectivity index (χ4v) is 0.373. The van der Waals surface area contributed by atoms with Crippen LogP contribution in [0.25, 0.3) is 0 Å². The molecule has 1 amide bonds. The van der Waals surface area contributed by atoms with Gasteiger partial charge in [-0.25, -0.2) is 0 Å². The molecular weight excluding hydrogens is 182 g/mol. The monoisotopic (exact) mass is 195 g/mol. The third-order valence-electron chi connectivity index (χ3n) is 1.14. The van der Waals surface area contributed by atoms with E-state index in [-0.39, 0.29) is 30.9 Å². The summed E-state index contributed by atoms with van der Waals surface area (Å²) < 4.78 is 4.58. The van der Waals surface area contributed by atoms with Crippen molar-refractivity contribution in [2.24, 2.45) is 0 Å². The number of nitrogens with zero attached hydrogens (tertiary/aromatic N) is 1. The average molecular weight is 196 g/mol. The molecule has 0 radical (unpaired) electrons. The Morgan fingerprint density at radius 2 is 1.83 bits per heavy atom. The summed E-state index contributed by atoms with van der Waals surface area (Å²) in [6.45, 7) is 1.53. The van der Waals surface area contributed by atoms with Gasteiger partial charge in [-0.3, -0.25) is 9.59 Å². The molecule has 0 saturated heterocycles. The van der Waals surface area contributed by atoms with Crippen LogP contribution < -0.4 is 0 Å². The quantitative estimate of drug-likeness (QED) is 0.615. The smallest absolute Gasteiger partial charge is 0.306 e. The summed E-state index contributed by atoms with van der Waals surface area (Å²) in [5.41, 5.74) is 0. The molecule has 0 atom stereocenters. The van der Waals surface area contributed by atoms with Gasteiger partial charge >= 0.3 is 5.97 Å². The molecule has 12 heavy (non-hydrogen) atoms. The van der Waals surface area contributed by atoms with Gasteiger partial charge in [-0.2, -0.15) is 0 Å². The summed E-state index contributed by atoms with van der Waals surface area (Å²) in [5.74, 6) is -0.549. The SMILES string of the molecule is CCC(=O)OCC(=O)N(C)C.Cl. The lowest BCUT2D eigenvalue weighted by atomic mass is 10.5. The highest BCUT2D eigenvalue weighted by Gasteiger charge is 2.06. The van der Waals surface area contributed by atoms with Crippen molar-refractivity contribution in [3.05, 3.63) is 0 Å². The van der Waals surface area contributed by atoms with Crippen molar-refractivity contribution in [3.8, 4) is 0 Å². The van der Waals surface area contributed by atoms with Gasteiger partial charge < -0.3 is 9.64 Å². The lowest BCUT2D eigenvalue weighted by Crippen LogP contribution is -2.27. The van der Waals surface area contributed by atoms with Crippen molar-refractivity contribution < 1.29 is 14.3 Å². The maximum absolute atomic E-state index is 10.8. The lowest BCUT2D eigenvalue weighted by Gasteiger charge is -2.09. The third kappa shape index (κ3) is 5.97. The van der Waals surface area contributed by atoms with Crippen LogP contribution in [0, 0.1) is 0 Å². The number of hydrogen-bond acceptors (Lipinski definition) is 3. The molecule has 0 aliphatic rings. The predicted octanol–water partition coefficient (Wildman–Crippen LogP) is 0.450. The van der Waals surface area contributed by atoms with Gasteiger partial charge in [-0.05, 0) is 0 Å². The number of likely N-dealkylation sites (N-methyl/N-ethyl adjacent to an activating group) is 1. The highest BCUT2D eigenvalue weighted by atomic mass is 35.5. The van der Waals surface area contributed by atoms with Gasteiger partial charge in [0.2, 0.25) is 0 Å². The number of halogens is 1. The highest BCUT2D eigenvalue weighted by Crippen LogP contribution is 1.86. The fourth-order valence-electron chi connectivity index (χ4n) is 0.373. The van der Waals surface area contributed by atoms with Crippen LogP contribution in [0.1, 0.15) is 13.3 Å². The molecule has 0 rings (SSSR count). The maximum atomic E-state index is 10.8. The van der Waals surface area contributed by atoms with E-state index in [1.807, 2.05) is 0 Å². The standard InChI is InChI=1S/C7H13NO3.ClH/c1-4-7(10)11-5-6(9)8(2)3;/h4-5H2,1-3H3;1H. The summed E-state index contributed by atoms with van der Waals surface area (Å²) in [6, 6.07) is 0. The van der Waals surface area contributed by atoms with Gasteiger partial charge in [-0.1, -0.05) is 6.92 Å². The van der Waals surface area contributed by atoms with Crippen LogP contribution in [0.15, 0.2) is 0 Å². The zero-order valence-electron chi connectivity index (χ0n) is 7.49. The van der Waals surface area contributed by atoms with E-state index < -0.39 is 0 Å². The normalized spacial score (nSPS) is 8.25. The summed E-state index contributed by atoms with van der Waals surface area (Å²) in [6.07, 6.45) is 0.306. The zero-order valence-corrected chi connectivity index (χ0v) is 8.31. The molecule has 0 saturated carbocycles. The second kappa shape index (κ2) is 6.91. The van der Waals surface area contributed by atoms with Crippen LogP contribution in [0.2, 0.25) is 0 Å². The van der Waals surface area contributed by atoms with Crippen molar-refractivity contribution in [1.82, 2.24) is 4.90 Å². The molecule has 0 aliphatic carbocycles. The Morgan fingerprint density at radius 1 is 1.33 bits per heavy atom. The van der Waals surface area contributed by atoms with Crippen LogP contribution in [-0.2, 0) is 14.3 Å². The van der Waals surface area contributed by atoms with Crippen LogP contribution in [-0.4, -0.2) is 37.5 Å². The van der Waals surface area contributed by atoms with Crippen molar-refractivity contribution in [3.63, 3.8) is 0 Å². The van der Waals surface area contributed by atoms with Gasteiger partial charge in [0.05, 0.1) is 0 Å². The summed E-state index contributed by atoms with van der Waals surface area (Å²) >= 11 is 0. The van der Waals surface area contributed by atoms with E-state index in [1.165, 1.54) is 4.90 Å². The van der Waals surface area contributed by atoms with Gasteiger partial charge in [-0.15, -0.1) is 12.4 Å². The number of amides is 1. The first kappa shape index (κ1) is 13.8. The van der Waals surface area contributed by atoms with Gasteiger partial charge in [0.1, 0.15) is 0 Å². The largest absolute Gasteiger partial charge is 0.456 e. The molecule has 0 N–H and O–H groups in total. The third-order valence-corrected chi connectivity index (χ3v) is 1.14. The van der Waals surface area contributed by atoms with Gasteiger partial charge in [0.15, 0.2) is 6.61 Å². The Hall–Kier alpha value is -0.770. The first-order valence-corrected chi connectivity index (χ1v) is 3.43. The minimum absolute atomic E-state index is 0. The summed E-state index contributed by atoms with van der Waals surface area (Å²) in [5, 5.41) is 0. The molecule has 5 heteroatoms. The molecule has 72 valence electrons. The number of carbonyl (C=O) groups excluding carboxylic acids is 2. The van der Waals surface area contributed by atoms with Crippen LogP contribution in [0.4, 0.5) is 0 Å². The number of carbonyl (C=O) groups is 2. The first-order chi connectivity index (χ1) is 5.07. The Balaban J connectivity index is 0. The van der Waals surface area contributed by atoms with Crippen LogP contribution in [0.3, 0.4) is 0 Å². The lowest BCUT2D eigenvalue weighted by molar-refractivity contribution is -0.150. The second-order valence-electron chi connectivity index (χ2n) is 2.30. The topological polar surface area (TPSA) is 46.6 Å². The zero-order chi connectivity index (χ0) is 8.85. The molecule has 0 fully saturated rings. The Bertz CT molecular complexity index is 159. The van der Waals surface area contributed by atoms with Crippen molar-refractivity contribution >= 4 is 24.3 Å². The van der Waals surface area contributed by atoms with E-state index >= 15 is 0 Å². The summed E-state index contributed by atoms with van der Waals surface area (Å²) in [7, 11) is 3.23. The molecule has 0 heterocycles. The minimum Gasteiger partial charge on any atom is -0.456 e. The Labute approximate surface area is 78.3 Å². The number of rotatable bonds is 3. The van der Waals surface area contributed by atoms with Gasteiger partial charge in [0, 0.05) is 20.5 Å². The van der Waals surface area contributed by atoms with Crippen LogP contribution in [0.5, 0.6) is 0 Å². The van der Waals surface area contributed by atoms with Crippen molar-refractivity contribution in [2.75, 3.05) is 20.7 Å². The molecular formula is C7H14ClNO3. The fraction of sp³-hybridized carbons (Fsp3) is 0.714. The number of esters is 1. The van der Waals surface area contributed by atoms with E-state index in [2.05, 4.69) is 4.74 Å². The molecule has 0 aromatic carbocycles. The second-order valence-corrected chi connectivity index (χ2v) is 2.30. The van der Waals surface area contributed by atoms with E-state index in [1.54, 1.807) is 21.0 Å². The molecule has 0 aliphatic heterocycles. The molecule has 0 bridgehead atoms. The highest BCUT2D eigenvalue weighted by molar-refractivity contribution is 5.85. The predicted molar refractivity (Wildman–Crippen MR) is 47.2 cm³/mol. The minimum atomic E-state index is -0.347. The molecule has 4 nitrogen and oxygen atoms in total. The first-order valence-electron chi connectivity index (χ1n) is 3.43. The number of ether oxygens (including phenoxy) is 1. The molecule has 0 spiro atoms. The van der Waals surface area contributed by atoms with Gasteiger partial charge in [0.25, 0.3) is 5.91 Å². The molecule has 0 aromatic heterocycles. The number of hydrogen-bond donors (Lipinski definition) is 0. The van der Waals surface area contributed by atoms with E-state index in [9.17, 15) is 9.59 Å².